The van der Waals surface area contributed by atoms with Crippen LogP contribution in [0.25, 0.3) is 5.69 Å². The fraction of sp³-hybridized carbons (Fsp3) is 0.200. The minimum Gasteiger partial charge on any atom is -0.289 e. The van der Waals surface area contributed by atoms with E-state index in [4.69, 9.17) is 11.6 Å². The zero-order valence-electron chi connectivity index (χ0n) is 14.5. The molecule has 1 heterocycles. The first kappa shape index (κ1) is 17.7. The number of carbonyl (C=O) groups is 1. The molecule has 0 unspecified atom stereocenters. The number of hydroxylamine groups is 1. The molecule has 27 heavy (non-hydrogen) atoms. The van der Waals surface area contributed by atoms with Crippen LogP contribution in [-0.2, 0) is 23.1 Å². The molecular formula is C20H17ClFN3O2. The van der Waals surface area contributed by atoms with Crippen molar-refractivity contribution in [3.63, 3.8) is 0 Å². The van der Waals surface area contributed by atoms with Gasteiger partial charge in [-0.25, -0.2) is 14.6 Å². The molecule has 0 saturated heterocycles. The number of halogens is 2. The lowest BCUT2D eigenvalue weighted by Crippen LogP contribution is -2.45. The molecule has 0 aliphatic heterocycles. The number of fused-ring (bicyclic) bond motifs is 1. The molecule has 0 radical (unpaired) electrons. The summed E-state index contributed by atoms with van der Waals surface area (Å²) in [5, 5.41) is 14.3. The maximum atomic E-state index is 14.2. The lowest BCUT2D eigenvalue weighted by Gasteiger charge is -2.29. The van der Waals surface area contributed by atoms with Gasteiger partial charge in [0.1, 0.15) is 5.82 Å². The first-order chi connectivity index (χ1) is 13.0. The van der Waals surface area contributed by atoms with Gasteiger partial charge in [0.2, 0.25) is 0 Å². The van der Waals surface area contributed by atoms with Gasteiger partial charge in [-0.1, -0.05) is 35.9 Å². The van der Waals surface area contributed by atoms with Crippen molar-refractivity contribution < 1.29 is 14.4 Å². The number of rotatable bonds is 3. The minimum absolute atomic E-state index is 0.268. The third-order valence-corrected chi connectivity index (χ3v) is 5.64. The lowest BCUT2D eigenvalue weighted by atomic mass is 9.75. The van der Waals surface area contributed by atoms with E-state index in [1.54, 1.807) is 41.5 Å². The third-order valence-electron chi connectivity index (χ3n) is 5.32. The van der Waals surface area contributed by atoms with Gasteiger partial charge in [-0.15, -0.1) is 0 Å². The van der Waals surface area contributed by atoms with Gasteiger partial charge in [0, 0.05) is 12.1 Å². The first-order valence-electron chi connectivity index (χ1n) is 8.49. The highest BCUT2D eigenvalue weighted by Gasteiger charge is 2.48. The highest BCUT2D eigenvalue weighted by Crippen LogP contribution is 2.42. The number of para-hydroxylation sites is 1. The molecule has 0 spiro atoms. The van der Waals surface area contributed by atoms with Crippen molar-refractivity contribution in [2.75, 3.05) is 0 Å². The summed E-state index contributed by atoms with van der Waals surface area (Å²) in [4.78, 5) is 12.7. The average molecular weight is 386 g/mol. The Morgan fingerprint density at radius 3 is 2.78 bits per heavy atom. The van der Waals surface area contributed by atoms with Crippen molar-refractivity contribution in [1.29, 1.82) is 0 Å². The number of nitrogens with one attached hydrogen (secondary N) is 1. The molecule has 1 aliphatic carbocycles. The van der Waals surface area contributed by atoms with Crippen LogP contribution in [0, 0.1) is 12.7 Å². The Bertz CT molecular complexity index is 1050. The van der Waals surface area contributed by atoms with E-state index in [1.807, 2.05) is 18.2 Å². The summed E-state index contributed by atoms with van der Waals surface area (Å²) in [6.45, 7) is 1.64. The molecule has 0 saturated carbocycles. The van der Waals surface area contributed by atoms with Crippen LogP contribution in [0.1, 0.15) is 22.4 Å². The second kappa shape index (κ2) is 6.48. The predicted molar refractivity (Wildman–Crippen MR) is 98.7 cm³/mol. The van der Waals surface area contributed by atoms with Crippen molar-refractivity contribution in [2.24, 2.45) is 0 Å². The summed E-state index contributed by atoms with van der Waals surface area (Å²) in [5.74, 6) is -0.959. The molecule has 1 aliphatic rings. The average Bonchev–Trinajstić information content (AvgIpc) is 3.22. The zero-order chi connectivity index (χ0) is 19.2. The molecule has 138 valence electrons. The van der Waals surface area contributed by atoms with Crippen molar-refractivity contribution in [2.45, 2.75) is 25.2 Å². The summed E-state index contributed by atoms with van der Waals surface area (Å²) >= 11 is 6.31. The van der Waals surface area contributed by atoms with E-state index in [0.717, 1.165) is 11.3 Å². The molecule has 0 fully saturated rings. The van der Waals surface area contributed by atoms with Crippen LogP contribution in [0.3, 0.4) is 0 Å². The van der Waals surface area contributed by atoms with Crippen molar-refractivity contribution in [3.05, 3.63) is 81.9 Å². The van der Waals surface area contributed by atoms with E-state index in [1.165, 1.54) is 6.07 Å². The molecule has 1 amide bonds. The molecule has 7 heteroatoms. The van der Waals surface area contributed by atoms with Crippen LogP contribution in [0.2, 0.25) is 5.02 Å². The molecule has 1 atom stereocenters. The van der Waals surface area contributed by atoms with E-state index >= 15 is 0 Å². The SMILES string of the molecule is Cc1c(F)cccc1[C@]1(C(=O)NO)Cc2cnn(-c3ccccc3Cl)c2C1. The number of amides is 1. The normalized spacial score (nSPS) is 18.4. The van der Waals surface area contributed by atoms with Crippen molar-refractivity contribution in [3.8, 4) is 5.69 Å². The fourth-order valence-corrected chi connectivity index (χ4v) is 4.17. The second-order valence-electron chi connectivity index (χ2n) is 6.77. The number of hydrogen-bond acceptors (Lipinski definition) is 3. The standard InChI is InChI=1S/C20H17ClFN3O2/c1-12-14(5-4-7-16(12)22)20(19(26)24-27)9-13-11-23-25(18(13)10-20)17-8-3-2-6-15(17)21/h2-8,11,27H,9-10H2,1H3,(H,24,26)/t20-/m0/s1. The topological polar surface area (TPSA) is 67.2 Å². The van der Waals surface area contributed by atoms with Crippen molar-refractivity contribution >= 4 is 17.5 Å². The van der Waals surface area contributed by atoms with Crippen LogP contribution in [0.4, 0.5) is 4.39 Å². The highest BCUT2D eigenvalue weighted by atomic mass is 35.5. The summed E-state index contributed by atoms with van der Waals surface area (Å²) in [5.41, 5.74) is 3.98. The summed E-state index contributed by atoms with van der Waals surface area (Å²) < 4.78 is 15.9. The van der Waals surface area contributed by atoms with E-state index < -0.39 is 11.3 Å². The first-order valence-corrected chi connectivity index (χ1v) is 8.86. The van der Waals surface area contributed by atoms with E-state index in [0.29, 0.717) is 28.3 Å². The molecule has 4 rings (SSSR count). The number of benzene rings is 2. The van der Waals surface area contributed by atoms with E-state index in [2.05, 4.69) is 5.10 Å². The number of hydrogen-bond donors (Lipinski definition) is 2. The van der Waals surface area contributed by atoms with Gasteiger partial charge in [0.25, 0.3) is 5.91 Å². The fourth-order valence-electron chi connectivity index (χ4n) is 3.95. The Morgan fingerprint density at radius 2 is 2.04 bits per heavy atom. The number of aromatic nitrogens is 2. The Kier molecular flexibility index (Phi) is 4.25. The zero-order valence-corrected chi connectivity index (χ0v) is 15.3. The summed E-state index contributed by atoms with van der Waals surface area (Å²) in [6, 6.07) is 12.0. The largest absolute Gasteiger partial charge is 0.289 e. The van der Waals surface area contributed by atoms with Gasteiger partial charge in [0.15, 0.2) is 0 Å². The van der Waals surface area contributed by atoms with Crippen LogP contribution in [0.15, 0.2) is 48.7 Å². The van der Waals surface area contributed by atoms with Crippen LogP contribution < -0.4 is 5.48 Å². The predicted octanol–water partition coefficient (Wildman–Crippen LogP) is 3.52. The molecule has 3 aromatic rings. The molecular weight excluding hydrogens is 369 g/mol. The smallest absolute Gasteiger partial charge is 0.254 e. The van der Waals surface area contributed by atoms with Gasteiger partial charge in [0.05, 0.1) is 22.3 Å². The molecule has 2 N–H and O–H groups in total. The maximum absolute atomic E-state index is 14.2. The Hall–Kier alpha value is -2.70. The van der Waals surface area contributed by atoms with Crippen LogP contribution in [-0.4, -0.2) is 20.9 Å². The Balaban J connectivity index is 1.86. The monoisotopic (exact) mass is 385 g/mol. The van der Waals surface area contributed by atoms with Gasteiger partial charge in [-0.3, -0.25) is 10.0 Å². The Morgan fingerprint density at radius 1 is 1.26 bits per heavy atom. The highest BCUT2D eigenvalue weighted by molar-refractivity contribution is 6.32. The van der Waals surface area contributed by atoms with Crippen molar-refractivity contribution in [1.82, 2.24) is 15.3 Å². The quantitative estimate of drug-likeness (QED) is 0.535. The summed E-state index contributed by atoms with van der Waals surface area (Å²) in [7, 11) is 0. The second-order valence-corrected chi connectivity index (χ2v) is 7.18. The van der Waals surface area contributed by atoms with Gasteiger partial charge < -0.3 is 0 Å². The van der Waals surface area contributed by atoms with Crippen LogP contribution >= 0.6 is 11.6 Å². The molecule has 2 aromatic carbocycles. The van der Waals surface area contributed by atoms with Gasteiger partial charge >= 0.3 is 0 Å². The molecule has 1 aromatic heterocycles. The lowest BCUT2D eigenvalue weighted by molar-refractivity contribution is -0.135. The maximum Gasteiger partial charge on any atom is 0.254 e. The number of nitrogens with zero attached hydrogens (tertiary/aromatic N) is 2. The Labute approximate surface area is 160 Å². The van der Waals surface area contributed by atoms with E-state index in [-0.39, 0.29) is 12.2 Å². The number of carbonyl (C=O) groups excluding carboxylic acids is 1. The third kappa shape index (κ3) is 2.64. The summed E-state index contributed by atoms with van der Waals surface area (Å²) in [6.07, 6.45) is 2.27. The minimum atomic E-state index is -1.11. The van der Waals surface area contributed by atoms with Gasteiger partial charge in [-0.05, 0) is 48.2 Å². The van der Waals surface area contributed by atoms with E-state index in [9.17, 15) is 14.4 Å². The molecule has 0 bridgehead atoms. The van der Waals surface area contributed by atoms with Crippen LogP contribution in [0.5, 0.6) is 0 Å². The van der Waals surface area contributed by atoms with Gasteiger partial charge in [-0.2, -0.15) is 5.10 Å². The molecule has 5 nitrogen and oxygen atoms in total.